The van der Waals surface area contributed by atoms with Crippen LogP contribution in [0.15, 0.2) is 30.3 Å². The van der Waals surface area contributed by atoms with E-state index in [0.29, 0.717) is 28.8 Å². The molecule has 0 aliphatic carbocycles. The molecule has 1 aromatic carbocycles. The van der Waals surface area contributed by atoms with Crippen LogP contribution in [0.25, 0.3) is 5.53 Å². The summed E-state index contributed by atoms with van der Waals surface area (Å²) in [4.78, 5) is 15.4. The van der Waals surface area contributed by atoms with Gasteiger partial charge in [-0.25, -0.2) is 4.79 Å². The van der Waals surface area contributed by atoms with Crippen LogP contribution < -0.4 is 0 Å². The number of ether oxygens (including phenoxy) is 1. The van der Waals surface area contributed by atoms with Gasteiger partial charge in [-0.1, -0.05) is 76.4 Å². The standard InChI is InChI=1S/C19H30N2O2Si/c1-14(2)24(15(3)4,16(5)6)13-12-23-19(22)18(21-20)17-10-8-7-9-11-17/h7-11,14-16H,12-13H2,1-6H3. The van der Waals surface area contributed by atoms with Gasteiger partial charge in [0.2, 0.25) is 0 Å². The average molecular weight is 347 g/mol. The molecule has 24 heavy (non-hydrogen) atoms. The molecular formula is C19H30N2O2Si. The van der Waals surface area contributed by atoms with Gasteiger partial charge in [-0.05, 0) is 18.2 Å². The summed E-state index contributed by atoms with van der Waals surface area (Å²) in [5.41, 5.74) is 11.6. The highest BCUT2D eigenvalue weighted by Crippen LogP contribution is 2.44. The highest BCUT2D eigenvalue weighted by Gasteiger charge is 2.42. The first-order valence-corrected chi connectivity index (χ1v) is 11.2. The van der Waals surface area contributed by atoms with Crippen molar-refractivity contribution in [3.05, 3.63) is 41.4 Å². The molecule has 0 unspecified atom stereocenters. The first kappa shape index (κ1) is 20.3. The van der Waals surface area contributed by atoms with Crippen molar-refractivity contribution in [1.29, 1.82) is 0 Å². The van der Waals surface area contributed by atoms with Crippen molar-refractivity contribution in [2.45, 2.75) is 64.2 Å². The first-order valence-electron chi connectivity index (χ1n) is 8.71. The molecule has 0 bridgehead atoms. The second kappa shape index (κ2) is 8.95. The summed E-state index contributed by atoms with van der Waals surface area (Å²) >= 11 is 0. The van der Waals surface area contributed by atoms with E-state index in [4.69, 9.17) is 10.3 Å². The van der Waals surface area contributed by atoms with Crippen LogP contribution in [-0.4, -0.2) is 31.2 Å². The van der Waals surface area contributed by atoms with Gasteiger partial charge in [0.1, 0.15) is 0 Å². The van der Waals surface area contributed by atoms with Gasteiger partial charge in [0.15, 0.2) is 0 Å². The van der Waals surface area contributed by atoms with E-state index in [2.05, 4.69) is 46.3 Å². The smallest absolute Gasteiger partial charge is 0.422 e. The lowest BCUT2D eigenvalue weighted by atomic mass is 10.1. The van der Waals surface area contributed by atoms with Crippen LogP contribution in [0.2, 0.25) is 22.7 Å². The van der Waals surface area contributed by atoms with Crippen LogP contribution in [-0.2, 0) is 9.53 Å². The van der Waals surface area contributed by atoms with Crippen LogP contribution in [0.1, 0.15) is 47.1 Å². The number of hydrogen-bond acceptors (Lipinski definition) is 2. The predicted molar refractivity (Wildman–Crippen MR) is 101 cm³/mol. The van der Waals surface area contributed by atoms with Crippen molar-refractivity contribution in [1.82, 2.24) is 0 Å². The summed E-state index contributed by atoms with van der Waals surface area (Å²) in [5, 5.41) is 0. The molecule has 1 rings (SSSR count). The van der Waals surface area contributed by atoms with Gasteiger partial charge in [0, 0.05) is 0 Å². The molecule has 0 fully saturated rings. The summed E-state index contributed by atoms with van der Waals surface area (Å²) in [6.07, 6.45) is 0. The zero-order valence-corrected chi connectivity index (χ0v) is 16.7. The third-order valence-corrected chi connectivity index (χ3v) is 12.9. The fourth-order valence-electron chi connectivity index (χ4n) is 4.07. The molecule has 0 saturated carbocycles. The molecule has 0 aliphatic heterocycles. The third-order valence-electron chi connectivity index (χ3n) is 5.33. The minimum atomic E-state index is -1.60. The van der Waals surface area contributed by atoms with E-state index in [1.165, 1.54) is 0 Å². The van der Waals surface area contributed by atoms with Gasteiger partial charge in [-0.2, -0.15) is 4.79 Å². The summed E-state index contributed by atoms with van der Waals surface area (Å²) < 4.78 is 5.46. The molecule has 1 aromatic rings. The highest BCUT2D eigenvalue weighted by molar-refractivity contribution is 6.83. The fourth-order valence-corrected chi connectivity index (χ4v) is 10.3. The zero-order valence-electron chi connectivity index (χ0n) is 15.7. The molecule has 132 valence electrons. The van der Waals surface area contributed by atoms with Gasteiger partial charge in [0.05, 0.1) is 20.2 Å². The summed E-state index contributed by atoms with van der Waals surface area (Å²) in [7, 11) is -1.60. The van der Waals surface area contributed by atoms with Crippen molar-refractivity contribution in [3.63, 3.8) is 0 Å². The van der Waals surface area contributed by atoms with Crippen LogP contribution in [0, 0.1) is 0 Å². The minimum Gasteiger partial charge on any atom is -0.457 e. The molecule has 0 amide bonds. The van der Waals surface area contributed by atoms with Gasteiger partial charge in [-0.3, -0.25) is 0 Å². The van der Waals surface area contributed by atoms with Crippen LogP contribution in [0.4, 0.5) is 0 Å². The first-order chi connectivity index (χ1) is 11.3. The summed E-state index contributed by atoms with van der Waals surface area (Å²) in [6, 6.07) is 9.82. The van der Waals surface area contributed by atoms with E-state index >= 15 is 0 Å². The Labute approximate surface area is 146 Å². The Morgan fingerprint density at radius 3 is 1.96 bits per heavy atom. The number of hydrogen-bond donors (Lipinski definition) is 0. The number of carbonyl (C=O) groups is 1. The maximum absolute atomic E-state index is 12.3. The van der Waals surface area contributed by atoms with E-state index < -0.39 is 14.0 Å². The lowest BCUT2D eigenvalue weighted by molar-refractivity contribution is -0.139. The number of nitrogens with zero attached hydrogens (tertiary/aromatic N) is 2. The average Bonchev–Trinajstić information content (AvgIpc) is 2.52. The van der Waals surface area contributed by atoms with Gasteiger partial charge < -0.3 is 10.3 Å². The van der Waals surface area contributed by atoms with E-state index in [1.54, 1.807) is 24.3 Å². The van der Waals surface area contributed by atoms with Crippen molar-refractivity contribution < 1.29 is 14.3 Å². The highest BCUT2D eigenvalue weighted by atomic mass is 28.3. The number of carbonyl (C=O) groups excluding carboxylic acids is 1. The summed E-state index contributed by atoms with van der Waals surface area (Å²) in [6.45, 7) is 14.1. The Hall–Kier alpha value is -1.71. The quantitative estimate of drug-likeness (QED) is 0.220. The van der Waals surface area contributed by atoms with Crippen molar-refractivity contribution >= 4 is 19.8 Å². The lowest BCUT2D eigenvalue weighted by Gasteiger charge is -2.43. The summed E-state index contributed by atoms with van der Waals surface area (Å²) in [5.74, 6) is -0.567. The second-order valence-corrected chi connectivity index (χ2v) is 13.5. The molecule has 5 heteroatoms. The van der Waals surface area contributed by atoms with Crippen molar-refractivity contribution in [3.8, 4) is 0 Å². The van der Waals surface area contributed by atoms with E-state index in [-0.39, 0.29) is 5.71 Å². The molecule has 0 atom stereocenters. The molecule has 0 saturated heterocycles. The van der Waals surface area contributed by atoms with E-state index in [9.17, 15) is 4.79 Å². The van der Waals surface area contributed by atoms with Crippen LogP contribution >= 0.6 is 0 Å². The molecule has 0 heterocycles. The number of benzene rings is 1. The van der Waals surface area contributed by atoms with Gasteiger partial charge in [0.25, 0.3) is 0 Å². The third kappa shape index (κ3) is 4.43. The second-order valence-electron chi connectivity index (χ2n) is 7.28. The largest absolute Gasteiger partial charge is 0.457 e. The van der Waals surface area contributed by atoms with Crippen LogP contribution in [0.3, 0.4) is 0 Å². The Morgan fingerprint density at radius 1 is 1.04 bits per heavy atom. The maximum atomic E-state index is 12.3. The Balaban J connectivity index is 2.81. The lowest BCUT2D eigenvalue weighted by Crippen LogP contribution is -2.45. The van der Waals surface area contributed by atoms with Crippen molar-refractivity contribution in [2.75, 3.05) is 6.61 Å². The normalized spacial score (nSPS) is 11.7. The molecule has 4 nitrogen and oxygen atoms in total. The van der Waals surface area contributed by atoms with Gasteiger partial charge in [-0.15, -0.1) is 0 Å². The van der Waals surface area contributed by atoms with E-state index in [0.717, 1.165) is 6.04 Å². The number of rotatable bonds is 8. The number of esters is 1. The Morgan fingerprint density at radius 2 is 1.54 bits per heavy atom. The molecule has 0 aliphatic rings. The monoisotopic (exact) mass is 346 g/mol. The molecule has 0 radical (unpaired) electrons. The molecule has 0 aromatic heterocycles. The Kier molecular flexibility index (Phi) is 7.58. The topological polar surface area (TPSA) is 62.7 Å². The molecule has 0 N–H and O–H groups in total. The van der Waals surface area contributed by atoms with Gasteiger partial charge >= 0.3 is 11.7 Å². The molecule has 0 spiro atoms. The zero-order chi connectivity index (χ0) is 18.3. The maximum Gasteiger partial charge on any atom is 0.422 e. The van der Waals surface area contributed by atoms with Crippen molar-refractivity contribution in [2.24, 2.45) is 0 Å². The SMILES string of the molecule is CC(C)[Si](CCOC(=O)C(=[N+]=[N-])c1ccccc1)(C(C)C)C(C)C. The fraction of sp³-hybridized carbons (Fsp3) is 0.579. The van der Waals surface area contributed by atoms with Crippen LogP contribution in [0.5, 0.6) is 0 Å². The Bertz CT molecular complexity index is 569. The minimum absolute atomic E-state index is 0.0403. The molecular weight excluding hydrogens is 316 g/mol. The van der Waals surface area contributed by atoms with E-state index in [1.807, 2.05) is 6.07 Å². The predicted octanol–water partition coefficient (Wildman–Crippen LogP) is 4.93.